The van der Waals surface area contributed by atoms with E-state index >= 15 is 0 Å². The third kappa shape index (κ3) is 2.02. The van der Waals surface area contributed by atoms with Crippen molar-refractivity contribution in [3.8, 4) is 0 Å². The fourth-order valence-corrected chi connectivity index (χ4v) is 2.07. The van der Waals surface area contributed by atoms with Crippen molar-refractivity contribution in [3.63, 3.8) is 0 Å². The number of hydrogen-bond acceptors (Lipinski definition) is 1. The number of allylic oxidation sites excluding steroid dienone is 1. The fourth-order valence-electron chi connectivity index (χ4n) is 2.07. The highest BCUT2D eigenvalue weighted by atomic mass is 15.1. The van der Waals surface area contributed by atoms with E-state index in [0.29, 0.717) is 5.92 Å². The van der Waals surface area contributed by atoms with Crippen molar-refractivity contribution in [3.05, 3.63) is 53.6 Å². The minimum atomic E-state index is 0.446. The molecule has 15 heavy (non-hydrogen) atoms. The first-order valence-electron chi connectivity index (χ1n) is 5.29. The summed E-state index contributed by atoms with van der Waals surface area (Å²) in [6.45, 7) is 5.16. The van der Waals surface area contributed by atoms with E-state index in [1.54, 1.807) is 0 Å². The summed E-state index contributed by atoms with van der Waals surface area (Å²) in [6, 6.07) is 8.57. The molecule has 0 aliphatic heterocycles. The lowest BCUT2D eigenvalue weighted by atomic mass is 9.84. The largest absolute Gasteiger partial charge is 0.308 e. The molecule has 1 aliphatic rings. The normalized spacial score (nSPS) is 19.4. The van der Waals surface area contributed by atoms with Crippen LogP contribution in [0.15, 0.2) is 42.5 Å². The van der Waals surface area contributed by atoms with Crippen LogP contribution in [0.2, 0.25) is 0 Å². The standard InChI is InChI=1S/C14H17N/c1-11-8-9-12-6-4-5-7-13(12)14(11)10-15(2)3/h4-9,14H,1,10H2,2-3H3. The molecular weight excluding hydrogens is 182 g/mol. The van der Waals surface area contributed by atoms with Crippen LogP contribution >= 0.6 is 0 Å². The maximum atomic E-state index is 4.13. The van der Waals surface area contributed by atoms with Crippen molar-refractivity contribution in [1.82, 2.24) is 4.90 Å². The molecule has 0 heterocycles. The number of benzene rings is 1. The first kappa shape index (κ1) is 10.2. The fraction of sp³-hybridized carbons (Fsp3) is 0.286. The summed E-state index contributed by atoms with van der Waals surface area (Å²) >= 11 is 0. The van der Waals surface area contributed by atoms with E-state index in [4.69, 9.17) is 0 Å². The Hall–Kier alpha value is -1.34. The molecule has 0 saturated heterocycles. The molecule has 0 radical (unpaired) electrons. The molecule has 1 nitrogen and oxygen atoms in total. The Kier molecular flexibility index (Phi) is 2.74. The van der Waals surface area contributed by atoms with E-state index in [9.17, 15) is 0 Å². The van der Waals surface area contributed by atoms with Crippen molar-refractivity contribution in [1.29, 1.82) is 0 Å². The van der Waals surface area contributed by atoms with Crippen LogP contribution in [0.25, 0.3) is 6.08 Å². The van der Waals surface area contributed by atoms with Crippen LogP contribution in [0.5, 0.6) is 0 Å². The zero-order chi connectivity index (χ0) is 10.8. The molecule has 0 N–H and O–H groups in total. The lowest BCUT2D eigenvalue weighted by molar-refractivity contribution is 0.391. The highest BCUT2D eigenvalue weighted by Gasteiger charge is 2.19. The van der Waals surface area contributed by atoms with Gasteiger partial charge in [0.2, 0.25) is 0 Å². The van der Waals surface area contributed by atoms with Gasteiger partial charge in [-0.25, -0.2) is 0 Å². The Morgan fingerprint density at radius 2 is 1.93 bits per heavy atom. The van der Waals surface area contributed by atoms with Gasteiger partial charge in [0.25, 0.3) is 0 Å². The van der Waals surface area contributed by atoms with Gasteiger partial charge < -0.3 is 4.90 Å². The van der Waals surface area contributed by atoms with E-state index in [-0.39, 0.29) is 0 Å². The molecule has 1 unspecified atom stereocenters. The van der Waals surface area contributed by atoms with Gasteiger partial charge in [0.1, 0.15) is 0 Å². The van der Waals surface area contributed by atoms with Gasteiger partial charge in [0.15, 0.2) is 0 Å². The summed E-state index contributed by atoms with van der Waals surface area (Å²) in [5, 5.41) is 0. The predicted molar refractivity (Wildman–Crippen MR) is 65.9 cm³/mol. The minimum Gasteiger partial charge on any atom is -0.308 e. The Balaban J connectivity index is 2.38. The summed E-state index contributed by atoms with van der Waals surface area (Å²) in [7, 11) is 4.21. The van der Waals surface area contributed by atoms with E-state index < -0.39 is 0 Å². The van der Waals surface area contributed by atoms with Crippen LogP contribution in [-0.4, -0.2) is 25.5 Å². The average molecular weight is 199 g/mol. The Labute approximate surface area is 91.7 Å². The predicted octanol–water partition coefficient (Wildman–Crippen LogP) is 2.91. The van der Waals surface area contributed by atoms with Crippen molar-refractivity contribution in [2.24, 2.45) is 0 Å². The lowest BCUT2D eigenvalue weighted by Crippen LogP contribution is -2.22. The topological polar surface area (TPSA) is 3.24 Å². The zero-order valence-electron chi connectivity index (χ0n) is 9.40. The molecule has 2 rings (SSSR count). The molecule has 1 aromatic carbocycles. The van der Waals surface area contributed by atoms with Gasteiger partial charge in [-0.05, 0) is 30.8 Å². The molecule has 1 heteroatoms. The Bertz CT molecular complexity index is 402. The van der Waals surface area contributed by atoms with E-state index in [0.717, 1.165) is 6.54 Å². The first-order chi connectivity index (χ1) is 7.18. The third-order valence-electron chi connectivity index (χ3n) is 2.84. The highest BCUT2D eigenvalue weighted by molar-refractivity contribution is 5.63. The van der Waals surface area contributed by atoms with Crippen LogP contribution < -0.4 is 0 Å². The van der Waals surface area contributed by atoms with E-state index in [1.807, 2.05) is 0 Å². The summed E-state index contributed by atoms with van der Waals surface area (Å²) < 4.78 is 0. The maximum Gasteiger partial charge on any atom is 0.0217 e. The second kappa shape index (κ2) is 4.03. The summed E-state index contributed by atoms with van der Waals surface area (Å²) in [6.07, 6.45) is 4.29. The monoisotopic (exact) mass is 199 g/mol. The van der Waals surface area contributed by atoms with E-state index in [2.05, 4.69) is 62.0 Å². The highest BCUT2D eigenvalue weighted by Crippen LogP contribution is 2.32. The smallest absolute Gasteiger partial charge is 0.0217 e. The molecule has 1 atom stereocenters. The van der Waals surface area contributed by atoms with Crippen LogP contribution in [-0.2, 0) is 0 Å². The minimum absolute atomic E-state index is 0.446. The van der Waals surface area contributed by atoms with Crippen LogP contribution in [0.1, 0.15) is 17.0 Å². The van der Waals surface area contributed by atoms with Gasteiger partial charge in [-0.3, -0.25) is 0 Å². The van der Waals surface area contributed by atoms with Crippen molar-refractivity contribution in [2.45, 2.75) is 5.92 Å². The maximum absolute atomic E-state index is 4.13. The van der Waals surface area contributed by atoms with Crippen molar-refractivity contribution >= 4 is 6.08 Å². The van der Waals surface area contributed by atoms with Gasteiger partial charge in [-0.15, -0.1) is 0 Å². The van der Waals surface area contributed by atoms with E-state index in [1.165, 1.54) is 16.7 Å². The molecule has 0 spiro atoms. The first-order valence-corrected chi connectivity index (χ1v) is 5.29. The van der Waals surface area contributed by atoms with Crippen LogP contribution in [0.3, 0.4) is 0 Å². The molecule has 0 saturated carbocycles. The molecule has 1 aromatic rings. The molecule has 1 aliphatic carbocycles. The zero-order valence-corrected chi connectivity index (χ0v) is 9.40. The van der Waals surface area contributed by atoms with Gasteiger partial charge in [-0.1, -0.05) is 43.0 Å². The number of fused-ring (bicyclic) bond motifs is 1. The number of hydrogen-bond donors (Lipinski definition) is 0. The van der Waals surface area contributed by atoms with Crippen molar-refractivity contribution in [2.75, 3.05) is 20.6 Å². The molecule has 0 fully saturated rings. The average Bonchev–Trinajstić information content (AvgIpc) is 2.22. The number of likely N-dealkylation sites (N-methyl/N-ethyl adjacent to an activating group) is 1. The lowest BCUT2D eigenvalue weighted by Gasteiger charge is -2.26. The van der Waals surface area contributed by atoms with Gasteiger partial charge in [0.05, 0.1) is 0 Å². The van der Waals surface area contributed by atoms with Gasteiger partial charge in [0, 0.05) is 12.5 Å². The Morgan fingerprint density at radius 3 is 2.67 bits per heavy atom. The molecule has 0 amide bonds. The van der Waals surface area contributed by atoms with Gasteiger partial charge in [-0.2, -0.15) is 0 Å². The van der Waals surface area contributed by atoms with Gasteiger partial charge >= 0.3 is 0 Å². The third-order valence-corrected chi connectivity index (χ3v) is 2.84. The summed E-state index contributed by atoms with van der Waals surface area (Å²) in [4.78, 5) is 2.21. The number of rotatable bonds is 2. The molecule has 0 aromatic heterocycles. The molecular formula is C14H17N. The number of nitrogens with zero attached hydrogens (tertiary/aromatic N) is 1. The Morgan fingerprint density at radius 1 is 1.20 bits per heavy atom. The summed E-state index contributed by atoms with van der Waals surface area (Å²) in [5.41, 5.74) is 3.94. The van der Waals surface area contributed by atoms with Crippen LogP contribution in [0, 0.1) is 0 Å². The van der Waals surface area contributed by atoms with Crippen LogP contribution in [0.4, 0.5) is 0 Å². The molecule has 78 valence electrons. The quantitative estimate of drug-likeness (QED) is 0.708. The SMILES string of the molecule is C=C1C=Cc2ccccc2C1CN(C)C. The van der Waals surface area contributed by atoms with Crippen molar-refractivity contribution < 1.29 is 0 Å². The summed E-state index contributed by atoms with van der Waals surface area (Å²) in [5.74, 6) is 0.446. The second-order valence-corrected chi connectivity index (χ2v) is 4.35. The second-order valence-electron chi connectivity index (χ2n) is 4.35. The molecule has 0 bridgehead atoms.